The van der Waals surface area contributed by atoms with Crippen LogP contribution in [0, 0.1) is 0 Å². The quantitative estimate of drug-likeness (QED) is 0.770. The molecule has 0 aliphatic carbocycles. The van der Waals surface area contributed by atoms with Crippen molar-refractivity contribution in [3.8, 4) is 5.75 Å². The Kier molecular flexibility index (Phi) is 3.86. The van der Waals surface area contributed by atoms with Crippen LogP contribution in [0.25, 0.3) is 0 Å². The van der Waals surface area contributed by atoms with Crippen molar-refractivity contribution in [3.63, 3.8) is 0 Å². The number of benzene rings is 1. The van der Waals surface area contributed by atoms with Crippen LogP contribution in [0.2, 0.25) is 5.02 Å². The van der Waals surface area contributed by atoms with Gasteiger partial charge in [-0.2, -0.15) is 0 Å². The fourth-order valence-corrected chi connectivity index (χ4v) is 2.87. The van der Waals surface area contributed by atoms with E-state index in [0.29, 0.717) is 5.02 Å². The maximum Gasteiger partial charge on any atom is 0.120 e. The van der Waals surface area contributed by atoms with Crippen LogP contribution >= 0.6 is 23.2 Å². The van der Waals surface area contributed by atoms with E-state index in [9.17, 15) is 0 Å². The molecule has 0 bridgehead atoms. The Balaban J connectivity index is 2.27. The molecule has 1 saturated heterocycles. The Morgan fingerprint density at radius 2 is 2.24 bits per heavy atom. The molecule has 0 N–H and O–H groups in total. The van der Waals surface area contributed by atoms with E-state index in [4.69, 9.17) is 32.7 Å². The van der Waals surface area contributed by atoms with Gasteiger partial charge in [0.2, 0.25) is 0 Å². The summed E-state index contributed by atoms with van der Waals surface area (Å²) in [4.78, 5) is 0. The first kappa shape index (κ1) is 13.0. The second kappa shape index (κ2) is 5.05. The maximum absolute atomic E-state index is 6.50. The van der Waals surface area contributed by atoms with Crippen LogP contribution in [0.4, 0.5) is 0 Å². The van der Waals surface area contributed by atoms with Gasteiger partial charge in [0.25, 0.3) is 0 Å². The van der Waals surface area contributed by atoms with Crippen molar-refractivity contribution in [1.29, 1.82) is 0 Å². The second-order valence-corrected chi connectivity index (χ2v) is 5.36. The Morgan fingerprint density at radius 1 is 1.47 bits per heavy atom. The van der Waals surface area contributed by atoms with E-state index in [-0.39, 0.29) is 11.0 Å². The molecule has 0 amide bonds. The average molecular weight is 275 g/mol. The predicted octanol–water partition coefficient (Wildman–Crippen LogP) is 4.20. The predicted molar refractivity (Wildman–Crippen MR) is 70.2 cm³/mol. The SMILES string of the molecule is COc1ccc(C(Cl)C2(C)CCCO2)c(Cl)c1. The van der Waals surface area contributed by atoms with E-state index in [1.807, 2.05) is 19.1 Å². The van der Waals surface area contributed by atoms with Crippen molar-refractivity contribution in [2.75, 3.05) is 13.7 Å². The molecule has 4 heteroatoms. The summed E-state index contributed by atoms with van der Waals surface area (Å²) < 4.78 is 10.9. The van der Waals surface area contributed by atoms with Gasteiger partial charge in [-0.15, -0.1) is 11.6 Å². The van der Waals surface area contributed by atoms with Crippen LogP contribution in [0.5, 0.6) is 5.75 Å². The Bertz CT molecular complexity index is 400. The lowest BCUT2D eigenvalue weighted by Gasteiger charge is -2.29. The highest BCUT2D eigenvalue weighted by atomic mass is 35.5. The minimum atomic E-state index is -0.320. The van der Waals surface area contributed by atoms with Gasteiger partial charge in [-0.1, -0.05) is 17.7 Å². The number of ether oxygens (including phenoxy) is 2. The lowest BCUT2D eigenvalue weighted by atomic mass is 9.93. The lowest BCUT2D eigenvalue weighted by molar-refractivity contribution is 0.0164. The van der Waals surface area contributed by atoms with Crippen molar-refractivity contribution < 1.29 is 9.47 Å². The fourth-order valence-electron chi connectivity index (χ4n) is 2.17. The van der Waals surface area contributed by atoms with E-state index < -0.39 is 0 Å². The molecule has 94 valence electrons. The average Bonchev–Trinajstić information content (AvgIpc) is 2.76. The summed E-state index contributed by atoms with van der Waals surface area (Å²) in [5, 5.41) is 0.393. The van der Waals surface area contributed by atoms with Gasteiger partial charge in [0.05, 0.1) is 18.1 Å². The van der Waals surface area contributed by atoms with Crippen LogP contribution in [0.3, 0.4) is 0 Å². The van der Waals surface area contributed by atoms with E-state index in [0.717, 1.165) is 30.8 Å². The Morgan fingerprint density at radius 3 is 2.76 bits per heavy atom. The van der Waals surface area contributed by atoms with Gasteiger partial charge in [0, 0.05) is 11.6 Å². The highest BCUT2D eigenvalue weighted by Gasteiger charge is 2.39. The molecule has 1 aliphatic heterocycles. The summed E-state index contributed by atoms with van der Waals surface area (Å²) in [5.74, 6) is 0.736. The molecule has 1 heterocycles. The highest BCUT2D eigenvalue weighted by molar-refractivity contribution is 6.33. The molecular weight excluding hydrogens is 259 g/mol. The number of halogens is 2. The van der Waals surface area contributed by atoms with Crippen molar-refractivity contribution in [3.05, 3.63) is 28.8 Å². The Hall–Kier alpha value is -0.440. The Labute approximate surface area is 112 Å². The fraction of sp³-hybridized carbons (Fsp3) is 0.538. The van der Waals surface area contributed by atoms with E-state index >= 15 is 0 Å². The van der Waals surface area contributed by atoms with E-state index in [2.05, 4.69) is 0 Å². The molecule has 1 aliphatic rings. The van der Waals surface area contributed by atoms with Gasteiger partial charge >= 0.3 is 0 Å². The highest BCUT2D eigenvalue weighted by Crippen LogP contribution is 2.44. The molecule has 0 spiro atoms. The van der Waals surface area contributed by atoms with Gasteiger partial charge in [-0.3, -0.25) is 0 Å². The normalized spacial score (nSPS) is 25.9. The van der Waals surface area contributed by atoms with Crippen LogP contribution < -0.4 is 4.74 Å². The molecule has 1 aromatic carbocycles. The molecule has 0 saturated carbocycles. The summed E-state index contributed by atoms with van der Waals surface area (Å²) >= 11 is 12.7. The molecule has 1 fully saturated rings. The smallest absolute Gasteiger partial charge is 0.120 e. The summed E-state index contributed by atoms with van der Waals surface area (Å²) in [6.07, 6.45) is 2.01. The van der Waals surface area contributed by atoms with Gasteiger partial charge in [0.1, 0.15) is 5.75 Å². The molecule has 17 heavy (non-hydrogen) atoms. The zero-order valence-corrected chi connectivity index (χ0v) is 11.5. The first-order valence-corrected chi connectivity index (χ1v) is 6.50. The van der Waals surface area contributed by atoms with E-state index in [1.165, 1.54) is 0 Å². The number of hydrogen-bond acceptors (Lipinski definition) is 2. The second-order valence-electron chi connectivity index (χ2n) is 4.51. The summed E-state index contributed by atoms with van der Waals surface area (Å²) in [5.41, 5.74) is 0.582. The number of rotatable bonds is 3. The van der Waals surface area contributed by atoms with Crippen LogP contribution in [0.15, 0.2) is 18.2 Å². The van der Waals surface area contributed by atoms with Crippen LogP contribution in [0.1, 0.15) is 30.7 Å². The molecule has 0 radical (unpaired) electrons. The number of alkyl halides is 1. The summed E-state index contributed by atoms with van der Waals surface area (Å²) in [6.45, 7) is 2.81. The van der Waals surface area contributed by atoms with Gasteiger partial charge in [-0.25, -0.2) is 0 Å². The summed E-state index contributed by atoms with van der Waals surface area (Å²) in [6, 6.07) is 5.56. The van der Waals surface area contributed by atoms with Crippen molar-refractivity contribution in [2.24, 2.45) is 0 Å². The van der Waals surface area contributed by atoms with Gasteiger partial charge in [0.15, 0.2) is 0 Å². The van der Waals surface area contributed by atoms with Crippen molar-refractivity contribution in [2.45, 2.75) is 30.7 Å². The van der Waals surface area contributed by atoms with Gasteiger partial charge < -0.3 is 9.47 Å². The molecule has 2 nitrogen and oxygen atoms in total. The summed E-state index contributed by atoms with van der Waals surface area (Å²) in [7, 11) is 1.62. The molecular formula is C13H16Cl2O2. The van der Waals surface area contributed by atoms with Crippen LogP contribution in [-0.4, -0.2) is 19.3 Å². The zero-order chi connectivity index (χ0) is 12.5. The number of methoxy groups -OCH3 is 1. The van der Waals surface area contributed by atoms with Crippen LogP contribution in [-0.2, 0) is 4.74 Å². The van der Waals surface area contributed by atoms with Gasteiger partial charge in [-0.05, 0) is 37.5 Å². The maximum atomic E-state index is 6.50. The third-order valence-corrected chi connectivity index (χ3v) is 4.29. The third kappa shape index (κ3) is 2.54. The molecule has 1 aromatic rings. The minimum Gasteiger partial charge on any atom is -0.497 e. The van der Waals surface area contributed by atoms with Crippen molar-refractivity contribution >= 4 is 23.2 Å². The number of hydrogen-bond donors (Lipinski definition) is 0. The first-order valence-electron chi connectivity index (χ1n) is 5.68. The minimum absolute atomic E-state index is 0.233. The largest absolute Gasteiger partial charge is 0.497 e. The monoisotopic (exact) mass is 274 g/mol. The van der Waals surface area contributed by atoms with Crippen molar-refractivity contribution in [1.82, 2.24) is 0 Å². The molecule has 2 atom stereocenters. The first-order chi connectivity index (χ1) is 8.07. The molecule has 2 rings (SSSR count). The topological polar surface area (TPSA) is 18.5 Å². The third-order valence-electron chi connectivity index (χ3n) is 3.27. The lowest BCUT2D eigenvalue weighted by Crippen LogP contribution is -2.28. The standard InChI is InChI=1S/C13H16Cl2O2/c1-13(6-3-7-17-13)12(15)10-5-4-9(16-2)8-11(10)14/h4-5,8,12H,3,6-7H2,1-2H3. The van der Waals surface area contributed by atoms with E-state index in [1.54, 1.807) is 13.2 Å². The zero-order valence-electron chi connectivity index (χ0n) is 10.0. The molecule has 0 aromatic heterocycles. The molecule has 2 unspecified atom stereocenters.